The highest BCUT2D eigenvalue weighted by Crippen LogP contribution is 2.31. The summed E-state index contributed by atoms with van der Waals surface area (Å²) in [5.74, 6) is 0.123. The van der Waals surface area contributed by atoms with E-state index in [0.29, 0.717) is 42.0 Å². The molecule has 2 amide bonds. The third kappa shape index (κ3) is 5.76. The van der Waals surface area contributed by atoms with Crippen LogP contribution >= 0.6 is 11.6 Å². The first kappa shape index (κ1) is 25.2. The number of benzene rings is 2. The number of anilines is 1. The SMILES string of the molecule is Cc1cccc([C@@H](C)NC(=O)CN2Cc3ccc(-c4nc(NC5CCOCC5)ncc4Cl)cc3C2=O)c1. The Labute approximate surface area is 221 Å². The quantitative estimate of drug-likeness (QED) is 0.476. The summed E-state index contributed by atoms with van der Waals surface area (Å²) in [7, 11) is 0. The standard InChI is InChI=1S/C28H30ClN5O3/c1-17-4-3-5-19(12-17)18(2)31-25(35)16-34-15-21-7-6-20(13-23(21)27(34)36)26-24(29)14-30-28(33-26)32-22-8-10-37-11-9-22/h3-7,12-14,18,22H,8-11,15-16H2,1-2H3,(H,31,35)(H,30,32,33)/t18-/m1/s1. The van der Waals surface area contributed by atoms with Crippen molar-refractivity contribution in [3.8, 4) is 11.3 Å². The van der Waals surface area contributed by atoms with Gasteiger partial charge >= 0.3 is 0 Å². The van der Waals surface area contributed by atoms with Gasteiger partial charge in [-0.25, -0.2) is 9.97 Å². The summed E-state index contributed by atoms with van der Waals surface area (Å²) >= 11 is 6.45. The van der Waals surface area contributed by atoms with Crippen molar-refractivity contribution in [3.63, 3.8) is 0 Å². The number of fused-ring (bicyclic) bond motifs is 1. The first-order valence-electron chi connectivity index (χ1n) is 12.5. The smallest absolute Gasteiger partial charge is 0.254 e. The maximum absolute atomic E-state index is 13.2. The van der Waals surface area contributed by atoms with Gasteiger partial charge in [0.05, 0.1) is 23.0 Å². The Bertz CT molecular complexity index is 1320. The van der Waals surface area contributed by atoms with E-state index in [1.54, 1.807) is 17.2 Å². The minimum atomic E-state index is -0.196. The van der Waals surface area contributed by atoms with Crippen LogP contribution in [0.5, 0.6) is 0 Å². The lowest BCUT2D eigenvalue weighted by Gasteiger charge is -2.23. The van der Waals surface area contributed by atoms with Gasteiger partial charge < -0.3 is 20.3 Å². The summed E-state index contributed by atoms with van der Waals surface area (Å²) < 4.78 is 5.42. The highest BCUT2D eigenvalue weighted by molar-refractivity contribution is 6.33. The number of aryl methyl sites for hydroxylation is 1. The van der Waals surface area contributed by atoms with Crippen LogP contribution in [0.2, 0.25) is 5.02 Å². The van der Waals surface area contributed by atoms with Gasteiger partial charge in [-0.3, -0.25) is 9.59 Å². The number of amides is 2. The molecule has 2 aromatic carbocycles. The number of ether oxygens (including phenoxy) is 1. The monoisotopic (exact) mass is 519 g/mol. The molecule has 8 nitrogen and oxygen atoms in total. The molecule has 1 aromatic heterocycles. The molecule has 1 fully saturated rings. The number of halogens is 1. The van der Waals surface area contributed by atoms with E-state index < -0.39 is 0 Å². The van der Waals surface area contributed by atoms with Gasteiger partial charge in [-0.2, -0.15) is 0 Å². The van der Waals surface area contributed by atoms with E-state index in [9.17, 15) is 9.59 Å². The van der Waals surface area contributed by atoms with Gasteiger partial charge in [-0.1, -0.05) is 53.6 Å². The molecule has 1 atom stereocenters. The molecule has 0 unspecified atom stereocenters. The van der Waals surface area contributed by atoms with Crippen molar-refractivity contribution < 1.29 is 14.3 Å². The van der Waals surface area contributed by atoms with Crippen molar-refractivity contribution in [3.05, 3.63) is 75.9 Å². The highest BCUT2D eigenvalue weighted by Gasteiger charge is 2.30. The van der Waals surface area contributed by atoms with E-state index in [-0.39, 0.29) is 30.4 Å². The molecule has 0 spiro atoms. The second kappa shape index (κ2) is 10.9. The minimum absolute atomic E-state index is 0.00750. The zero-order valence-electron chi connectivity index (χ0n) is 21.0. The van der Waals surface area contributed by atoms with Gasteiger partial charge in [-0.05, 0) is 43.9 Å². The van der Waals surface area contributed by atoms with Crippen LogP contribution in [0.1, 0.15) is 52.9 Å². The van der Waals surface area contributed by atoms with Crippen molar-refractivity contribution >= 4 is 29.4 Å². The Morgan fingerprint density at radius 3 is 2.81 bits per heavy atom. The summed E-state index contributed by atoms with van der Waals surface area (Å²) in [5.41, 5.74) is 4.89. The lowest BCUT2D eigenvalue weighted by molar-refractivity contribution is -0.122. The van der Waals surface area contributed by atoms with Crippen LogP contribution in [0.3, 0.4) is 0 Å². The van der Waals surface area contributed by atoms with Gasteiger partial charge in [0.15, 0.2) is 0 Å². The molecular weight excluding hydrogens is 490 g/mol. The first-order chi connectivity index (χ1) is 17.9. The van der Waals surface area contributed by atoms with Gasteiger partial charge in [0, 0.05) is 36.9 Å². The largest absolute Gasteiger partial charge is 0.381 e. The number of hydrogen-bond acceptors (Lipinski definition) is 6. The summed E-state index contributed by atoms with van der Waals surface area (Å²) in [6.07, 6.45) is 3.36. The average molecular weight is 520 g/mol. The average Bonchev–Trinajstić information content (AvgIpc) is 3.20. The lowest BCUT2D eigenvalue weighted by atomic mass is 10.0. The van der Waals surface area contributed by atoms with E-state index in [1.165, 1.54) is 0 Å². The van der Waals surface area contributed by atoms with Crippen LogP contribution in [0.15, 0.2) is 48.7 Å². The maximum Gasteiger partial charge on any atom is 0.254 e. The zero-order valence-corrected chi connectivity index (χ0v) is 21.7. The van der Waals surface area contributed by atoms with Crippen molar-refractivity contribution in [1.82, 2.24) is 20.2 Å². The van der Waals surface area contributed by atoms with Crippen LogP contribution in [-0.4, -0.2) is 52.5 Å². The molecule has 9 heteroatoms. The Kier molecular flexibility index (Phi) is 7.39. The number of rotatable bonds is 7. The number of carbonyl (C=O) groups excluding carboxylic acids is 2. The fourth-order valence-electron chi connectivity index (χ4n) is 4.78. The molecule has 0 saturated carbocycles. The fraction of sp³-hybridized carbons (Fsp3) is 0.357. The third-order valence-electron chi connectivity index (χ3n) is 6.81. The molecule has 0 bridgehead atoms. The molecule has 5 rings (SSSR count). The molecule has 2 N–H and O–H groups in total. The number of hydrogen-bond donors (Lipinski definition) is 2. The van der Waals surface area contributed by atoms with Crippen LogP contribution in [0, 0.1) is 6.92 Å². The number of carbonyl (C=O) groups is 2. The van der Waals surface area contributed by atoms with Crippen LogP contribution in [0.4, 0.5) is 5.95 Å². The first-order valence-corrected chi connectivity index (χ1v) is 12.9. The van der Waals surface area contributed by atoms with E-state index in [4.69, 9.17) is 16.3 Å². The Hall–Kier alpha value is -3.49. The molecule has 0 aliphatic carbocycles. The Morgan fingerprint density at radius 2 is 2.03 bits per heavy atom. The topological polar surface area (TPSA) is 96.5 Å². The highest BCUT2D eigenvalue weighted by atomic mass is 35.5. The Balaban J connectivity index is 1.27. The molecule has 3 aromatic rings. The summed E-state index contributed by atoms with van der Waals surface area (Å²) in [5, 5.41) is 6.76. The number of nitrogens with one attached hydrogen (secondary N) is 2. The second-order valence-corrected chi connectivity index (χ2v) is 10.1. The van der Waals surface area contributed by atoms with Crippen LogP contribution < -0.4 is 10.6 Å². The van der Waals surface area contributed by atoms with E-state index in [1.807, 2.05) is 50.2 Å². The van der Waals surface area contributed by atoms with E-state index in [0.717, 1.165) is 35.1 Å². The van der Waals surface area contributed by atoms with Crippen LogP contribution in [0.25, 0.3) is 11.3 Å². The summed E-state index contributed by atoms with van der Waals surface area (Å²) in [6.45, 7) is 5.76. The molecule has 1 saturated heterocycles. The normalized spacial score (nSPS) is 16.4. The van der Waals surface area contributed by atoms with Crippen LogP contribution in [-0.2, 0) is 16.1 Å². The number of nitrogens with zero attached hydrogens (tertiary/aromatic N) is 3. The van der Waals surface area contributed by atoms with E-state index >= 15 is 0 Å². The van der Waals surface area contributed by atoms with Crippen molar-refractivity contribution in [2.24, 2.45) is 0 Å². The molecule has 2 aliphatic heterocycles. The minimum Gasteiger partial charge on any atom is -0.381 e. The summed E-state index contributed by atoms with van der Waals surface area (Å²) in [4.78, 5) is 36.5. The zero-order chi connectivity index (χ0) is 25.9. The molecule has 37 heavy (non-hydrogen) atoms. The van der Waals surface area contributed by atoms with E-state index in [2.05, 4.69) is 20.6 Å². The maximum atomic E-state index is 13.2. The van der Waals surface area contributed by atoms with Gasteiger partial charge in [-0.15, -0.1) is 0 Å². The molecular formula is C28H30ClN5O3. The fourth-order valence-corrected chi connectivity index (χ4v) is 4.98. The second-order valence-electron chi connectivity index (χ2n) is 9.66. The Morgan fingerprint density at radius 1 is 1.22 bits per heavy atom. The predicted octanol–water partition coefficient (Wildman–Crippen LogP) is 4.53. The molecule has 3 heterocycles. The predicted molar refractivity (Wildman–Crippen MR) is 142 cm³/mol. The van der Waals surface area contributed by atoms with Crippen molar-refractivity contribution in [2.75, 3.05) is 25.1 Å². The molecule has 2 aliphatic rings. The van der Waals surface area contributed by atoms with Gasteiger partial charge in [0.25, 0.3) is 5.91 Å². The lowest BCUT2D eigenvalue weighted by Crippen LogP contribution is -2.38. The summed E-state index contributed by atoms with van der Waals surface area (Å²) in [6, 6.07) is 13.7. The van der Waals surface area contributed by atoms with Gasteiger partial charge in [0.2, 0.25) is 11.9 Å². The van der Waals surface area contributed by atoms with Crippen molar-refractivity contribution in [2.45, 2.75) is 45.3 Å². The third-order valence-corrected chi connectivity index (χ3v) is 7.09. The molecule has 0 radical (unpaired) electrons. The van der Waals surface area contributed by atoms with Gasteiger partial charge in [0.1, 0.15) is 6.54 Å². The van der Waals surface area contributed by atoms with Crippen molar-refractivity contribution in [1.29, 1.82) is 0 Å². The number of aromatic nitrogens is 2. The molecule has 192 valence electrons.